The van der Waals surface area contributed by atoms with Crippen LogP contribution in [0.5, 0.6) is 0 Å². The van der Waals surface area contributed by atoms with E-state index in [4.69, 9.17) is 12.2 Å². The number of carbonyl (C=O) groups is 1. The highest BCUT2D eigenvalue weighted by atomic mass is 32.2. The number of amides is 1. The normalized spacial score (nSPS) is 10.8. The maximum absolute atomic E-state index is 12.1. The van der Waals surface area contributed by atoms with E-state index in [1.54, 1.807) is 24.3 Å². The summed E-state index contributed by atoms with van der Waals surface area (Å²) in [4.78, 5) is 11.8. The van der Waals surface area contributed by atoms with E-state index in [2.05, 4.69) is 16.2 Å². The molecule has 0 fully saturated rings. The van der Waals surface area contributed by atoms with E-state index >= 15 is 0 Å². The van der Waals surface area contributed by atoms with Crippen molar-refractivity contribution < 1.29 is 13.2 Å². The number of benzene rings is 1. The molecule has 0 unspecified atom stereocenters. The third kappa shape index (κ3) is 6.40. The summed E-state index contributed by atoms with van der Waals surface area (Å²) in [7, 11) is -3.46. The zero-order valence-electron chi connectivity index (χ0n) is 12.7. The number of hydrogen-bond donors (Lipinski definition) is 3. The van der Waals surface area contributed by atoms with Crippen LogP contribution < -0.4 is 16.2 Å². The first-order chi connectivity index (χ1) is 10.3. The fourth-order valence-corrected chi connectivity index (χ4v) is 2.96. The Morgan fingerprint density at radius 1 is 1.18 bits per heavy atom. The van der Waals surface area contributed by atoms with Crippen molar-refractivity contribution in [3.63, 3.8) is 0 Å². The predicted molar refractivity (Wildman–Crippen MR) is 90.0 cm³/mol. The molecule has 0 radical (unpaired) electrons. The third-order valence-electron chi connectivity index (χ3n) is 2.83. The van der Waals surface area contributed by atoms with E-state index in [1.165, 1.54) is 0 Å². The highest BCUT2D eigenvalue weighted by molar-refractivity contribution is 7.91. The average molecular weight is 343 g/mol. The molecule has 0 aliphatic heterocycles. The fourth-order valence-electron chi connectivity index (χ4n) is 1.56. The van der Waals surface area contributed by atoms with Crippen LogP contribution in [0.25, 0.3) is 0 Å². The Morgan fingerprint density at radius 3 is 2.41 bits per heavy atom. The third-order valence-corrected chi connectivity index (χ3v) is 4.81. The molecule has 0 aliphatic carbocycles. The second kappa shape index (κ2) is 8.70. The van der Waals surface area contributed by atoms with Crippen LogP contribution in [0.4, 0.5) is 0 Å². The van der Waals surface area contributed by atoms with Crippen molar-refractivity contribution in [1.29, 1.82) is 0 Å². The number of thiocarbonyl (C=S) groups is 1. The molecule has 0 bridgehead atoms. The van der Waals surface area contributed by atoms with Gasteiger partial charge in [0.25, 0.3) is 0 Å². The van der Waals surface area contributed by atoms with Crippen molar-refractivity contribution in [2.75, 3.05) is 12.3 Å². The predicted octanol–water partition coefficient (Wildman–Crippen LogP) is 1.06. The van der Waals surface area contributed by atoms with Gasteiger partial charge in [-0.2, -0.15) is 0 Å². The molecular weight excluding hydrogens is 322 g/mol. The maximum atomic E-state index is 12.1. The zero-order valence-corrected chi connectivity index (χ0v) is 14.3. The molecule has 0 spiro atoms. The first-order valence-corrected chi connectivity index (χ1v) is 9.03. The van der Waals surface area contributed by atoms with Gasteiger partial charge in [-0.05, 0) is 37.7 Å². The summed E-state index contributed by atoms with van der Waals surface area (Å²) in [6, 6.07) is 6.55. The van der Waals surface area contributed by atoms with E-state index in [0.717, 1.165) is 12.0 Å². The van der Waals surface area contributed by atoms with E-state index in [1.807, 2.05) is 13.8 Å². The fraction of sp³-hybridized carbons (Fsp3) is 0.429. The van der Waals surface area contributed by atoms with Gasteiger partial charge in [0.1, 0.15) is 0 Å². The van der Waals surface area contributed by atoms with E-state index in [0.29, 0.717) is 11.7 Å². The first-order valence-electron chi connectivity index (χ1n) is 6.97. The summed E-state index contributed by atoms with van der Waals surface area (Å²) in [5.41, 5.74) is 5.87. The quantitative estimate of drug-likeness (QED) is 0.529. The number of sulfone groups is 1. The summed E-state index contributed by atoms with van der Waals surface area (Å²) >= 11 is 4.93. The molecule has 1 aromatic rings. The number of carbonyl (C=O) groups excluding carboxylic acids is 1. The molecule has 0 aromatic heterocycles. The standard InChI is InChI=1S/C14H21N3O3S2/c1-3-9-15-14(21)17-16-13(18)8-10-22(19,20)12-6-4-11(2)5-7-12/h4-7H,3,8-10H2,1-2H3,(H,16,18)(H2,15,17,21). The van der Waals surface area contributed by atoms with Crippen molar-refractivity contribution >= 4 is 33.1 Å². The second-order valence-corrected chi connectivity index (χ2v) is 7.33. The van der Waals surface area contributed by atoms with Gasteiger partial charge in [-0.3, -0.25) is 15.6 Å². The summed E-state index contributed by atoms with van der Waals surface area (Å²) in [5.74, 6) is -0.685. The average Bonchev–Trinajstić information content (AvgIpc) is 2.49. The van der Waals surface area contributed by atoms with Crippen LogP contribution in [0, 0.1) is 6.92 Å². The smallest absolute Gasteiger partial charge is 0.239 e. The topological polar surface area (TPSA) is 87.3 Å². The Kier molecular flexibility index (Phi) is 7.26. The molecule has 0 heterocycles. The van der Waals surface area contributed by atoms with Gasteiger partial charge in [0, 0.05) is 13.0 Å². The molecule has 3 N–H and O–H groups in total. The van der Waals surface area contributed by atoms with Crippen molar-refractivity contribution in [3.05, 3.63) is 29.8 Å². The lowest BCUT2D eigenvalue weighted by atomic mass is 10.2. The lowest BCUT2D eigenvalue weighted by Crippen LogP contribution is -2.47. The molecule has 8 heteroatoms. The molecular formula is C14H21N3O3S2. The monoisotopic (exact) mass is 343 g/mol. The summed E-state index contributed by atoms with van der Waals surface area (Å²) in [5, 5.41) is 3.18. The molecule has 1 amide bonds. The summed E-state index contributed by atoms with van der Waals surface area (Å²) in [6.07, 6.45) is 0.768. The molecule has 1 rings (SSSR count). The Balaban J connectivity index is 2.43. The lowest BCUT2D eigenvalue weighted by molar-refractivity contribution is -0.121. The van der Waals surface area contributed by atoms with Gasteiger partial charge in [0.2, 0.25) is 5.91 Å². The van der Waals surface area contributed by atoms with Crippen LogP contribution in [0.2, 0.25) is 0 Å². The highest BCUT2D eigenvalue weighted by Crippen LogP contribution is 2.12. The Morgan fingerprint density at radius 2 is 1.82 bits per heavy atom. The minimum Gasteiger partial charge on any atom is -0.361 e. The van der Waals surface area contributed by atoms with Crippen LogP contribution in [-0.4, -0.2) is 31.7 Å². The van der Waals surface area contributed by atoms with Crippen LogP contribution in [0.1, 0.15) is 25.3 Å². The molecule has 6 nitrogen and oxygen atoms in total. The van der Waals surface area contributed by atoms with Gasteiger partial charge in [-0.25, -0.2) is 8.42 Å². The maximum Gasteiger partial charge on any atom is 0.239 e. The molecule has 0 aliphatic rings. The van der Waals surface area contributed by atoms with Gasteiger partial charge in [-0.15, -0.1) is 0 Å². The van der Waals surface area contributed by atoms with Gasteiger partial charge in [0.15, 0.2) is 14.9 Å². The Labute approximate surface area is 136 Å². The number of hydrogen-bond acceptors (Lipinski definition) is 4. The van der Waals surface area contributed by atoms with Gasteiger partial charge < -0.3 is 5.32 Å². The van der Waals surface area contributed by atoms with E-state index in [9.17, 15) is 13.2 Å². The van der Waals surface area contributed by atoms with Crippen molar-refractivity contribution in [2.24, 2.45) is 0 Å². The molecule has 22 heavy (non-hydrogen) atoms. The summed E-state index contributed by atoms with van der Waals surface area (Å²) in [6.45, 7) is 4.57. The van der Waals surface area contributed by atoms with Crippen molar-refractivity contribution in [3.8, 4) is 0 Å². The van der Waals surface area contributed by atoms with Crippen LogP contribution in [0.3, 0.4) is 0 Å². The van der Waals surface area contributed by atoms with Gasteiger partial charge >= 0.3 is 0 Å². The minimum absolute atomic E-state index is 0.139. The second-order valence-electron chi connectivity index (χ2n) is 4.81. The minimum atomic E-state index is -3.46. The van der Waals surface area contributed by atoms with Crippen molar-refractivity contribution in [2.45, 2.75) is 31.6 Å². The summed E-state index contributed by atoms with van der Waals surface area (Å²) < 4.78 is 24.2. The lowest BCUT2D eigenvalue weighted by Gasteiger charge is -2.11. The van der Waals surface area contributed by atoms with Crippen molar-refractivity contribution in [1.82, 2.24) is 16.2 Å². The molecule has 0 atom stereocenters. The zero-order chi connectivity index (χ0) is 16.6. The van der Waals surface area contributed by atoms with Crippen LogP contribution in [-0.2, 0) is 14.6 Å². The number of nitrogens with one attached hydrogen (secondary N) is 3. The van der Waals surface area contributed by atoms with Gasteiger partial charge in [-0.1, -0.05) is 24.6 Å². The molecule has 1 aromatic carbocycles. The first kappa shape index (κ1) is 18.4. The van der Waals surface area contributed by atoms with E-state index in [-0.39, 0.29) is 17.1 Å². The number of aryl methyl sites for hydroxylation is 1. The molecule has 122 valence electrons. The Bertz CT molecular complexity index is 613. The SMILES string of the molecule is CCCNC(=S)NNC(=O)CCS(=O)(=O)c1ccc(C)cc1. The number of hydrazine groups is 1. The van der Waals surface area contributed by atoms with Crippen LogP contribution >= 0.6 is 12.2 Å². The van der Waals surface area contributed by atoms with Crippen LogP contribution in [0.15, 0.2) is 29.2 Å². The number of rotatable bonds is 6. The van der Waals surface area contributed by atoms with Gasteiger partial charge in [0.05, 0.1) is 10.6 Å². The Hall–Kier alpha value is -1.67. The largest absolute Gasteiger partial charge is 0.361 e. The molecule has 0 saturated carbocycles. The molecule has 0 saturated heterocycles. The highest BCUT2D eigenvalue weighted by Gasteiger charge is 2.16. The van der Waals surface area contributed by atoms with E-state index < -0.39 is 15.7 Å².